The van der Waals surface area contributed by atoms with E-state index in [1.165, 1.54) is 22.6 Å². The van der Waals surface area contributed by atoms with Crippen LogP contribution in [0.4, 0.5) is 0 Å². The molecule has 0 unspecified atom stereocenters. The summed E-state index contributed by atoms with van der Waals surface area (Å²) >= 11 is 0. The maximum Gasteiger partial charge on any atom is 0.0838 e. The number of allylic oxidation sites excluding steroid dienone is 3. The molecule has 1 aliphatic heterocycles. The number of aliphatic imine (C=N–C) groups is 1. The van der Waals surface area contributed by atoms with Crippen LogP contribution in [-0.2, 0) is 0 Å². The summed E-state index contributed by atoms with van der Waals surface area (Å²) in [5, 5.41) is 3.36. The molecular weight excluding hydrogens is 136 g/mol. The summed E-state index contributed by atoms with van der Waals surface area (Å²) < 4.78 is 0. The minimum atomic E-state index is 0.914. The van der Waals surface area contributed by atoms with E-state index >= 15 is 0 Å². The van der Waals surface area contributed by atoms with E-state index in [1.54, 1.807) is 0 Å². The van der Waals surface area contributed by atoms with Crippen molar-refractivity contribution >= 4 is 5.71 Å². The molecule has 0 aromatic rings. The second-order valence-electron chi connectivity index (χ2n) is 3.04. The van der Waals surface area contributed by atoms with Gasteiger partial charge in [0.1, 0.15) is 0 Å². The van der Waals surface area contributed by atoms with Crippen LogP contribution in [0.5, 0.6) is 0 Å². The van der Waals surface area contributed by atoms with Crippen molar-refractivity contribution in [3.8, 4) is 0 Å². The molecule has 0 saturated heterocycles. The molecule has 0 bridgehead atoms. The van der Waals surface area contributed by atoms with Crippen LogP contribution in [0.15, 0.2) is 27.9 Å². The van der Waals surface area contributed by atoms with E-state index in [4.69, 9.17) is 0 Å². The number of rotatable bonds is 0. The number of nitrogens with zero attached hydrogens (tertiary/aromatic N) is 1. The molecule has 0 fully saturated rings. The van der Waals surface area contributed by atoms with E-state index in [0.717, 1.165) is 13.1 Å². The molecule has 1 N–H and O–H groups in total. The zero-order valence-corrected chi connectivity index (χ0v) is 6.94. The highest BCUT2D eigenvalue weighted by Gasteiger charge is 2.19. The predicted molar refractivity (Wildman–Crippen MR) is 46.8 cm³/mol. The third-order valence-electron chi connectivity index (χ3n) is 2.12. The average molecular weight is 148 g/mol. The first-order chi connectivity index (χ1) is 5.29. The first-order valence-electron chi connectivity index (χ1n) is 3.97. The van der Waals surface area contributed by atoms with E-state index in [0.29, 0.717) is 0 Å². The first-order valence-corrected chi connectivity index (χ1v) is 3.97. The Labute approximate surface area is 66.7 Å². The van der Waals surface area contributed by atoms with Crippen molar-refractivity contribution < 1.29 is 0 Å². The van der Waals surface area contributed by atoms with Gasteiger partial charge in [0.25, 0.3) is 0 Å². The molecule has 0 amide bonds. The molecule has 0 atom stereocenters. The molecule has 58 valence electrons. The van der Waals surface area contributed by atoms with Crippen molar-refractivity contribution in [1.29, 1.82) is 0 Å². The SMILES string of the molecule is CC1=CC(C)=C2NCCN=C12. The van der Waals surface area contributed by atoms with E-state index < -0.39 is 0 Å². The zero-order valence-electron chi connectivity index (χ0n) is 6.94. The average Bonchev–Trinajstić information content (AvgIpc) is 2.30. The smallest absolute Gasteiger partial charge is 0.0838 e. The molecular formula is C9H12N2. The van der Waals surface area contributed by atoms with Gasteiger partial charge in [0.05, 0.1) is 18.0 Å². The van der Waals surface area contributed by atoms with E-state index in [1.807, 2.05) is 0 Å². The molecule has 1 heterocycles. The summed E-state index contributed by atoms with van der Waals surface area (Å²) in [5.74, 6) is 0. The highest BCUT2D eigenvalue weighted by Crippen LogP contribution is 2.21. The van der Waals surface area contributed by atoms with E-state index in [9.17, 15) is 0 Å². The Morgan fingerprint density at radius 2 is 2.27 bits per heavy atom. The highest BCUT2D eigenvalue weighted by molar-refractivity contribution is 6.15. The van der Waals surface area contributed by atoms with Gasteiger partial charge < -0.3 is 5.32 Å². The van der Waals surface area contributed by atoms with Crippen molar-refractivity contribution in [2.75, 3.05) is 13.1 Å². The fourth-order valence-electron chi connectivity index (χ4n) is 1.62. The summed E-state index contributed by atoms with van der Waals surface area (Å²) in [6.45, 7) is 6.14. The number of fused-ring (bicyclic) bond motifs is 1. The van der Waals surface area contributed by atoms with Crippen molar-refractivity contribution in [2.45, 2.75) is 13.8 Å². The second-order valence-corrected chi connectivity index (χ2v) is 3.04. The van der Waals surface area contributed by atoms with Crippen LogP contribution in [0, 0.1) is 0 Å². The highest BCUT2D eigenvalue weighted by atomic mass is 15.0. The molecule has 11 heavy (non-hydrogen) atoms. The molecule has 2 nitrogen and oxygen atoms in total. The molecule has 2 rings (SSSR count). The van der Waals surface area contributed by atoms with Gasteiger partial charge in [-0.15, -0.1) is 0 Å². The topological polar surface area (TPSA) is 24.4 Å². The lowest BCUT2D eigenvalue weighted by molar-refractivity contribution is 0.792. The van der Waals surface area contributed by atoms with E-state index in [-0.39, 0.29) is 0 Å². The fourth-order valence-corrected chi connectivity index (χ4v) is 1.62. The molecule has 1 aliphatic carbocycles. The summed E-state index contributed by atoms with van der Waals surface area (Å²) in [4.78, 5) is 4.45. The minimum Gasteiger partial charge on any atom is -0.381 e. The van der Waals surface area contributed by atoms with Gasteiger partial charge in [-0.2, -0.15) is 0 Å². The number of hydrogen-bond donors (Lipinski definition) is 1. The molecule has 0 spiro atoms. The Morgan fingerprint density at radius 3 is 3.00 bits per heavy atom. The van der Waals surface area contributed by atoms with Crippen molar-refractivity contribution in [3.63, 3.8) is 0 Å². The van der Waals surface area contributed by atoms with Crippen LogP contribution >= 0.6 is 0 Å². The van der Waals surface area contributed by atoms with Crippen molar-refractivity contribution in [3.05, 3.63) is 22.9 Å². The third-order valence-corrected chi connectivity index (χ3v) is 2.12. The van der Waals surface area contributed by atoms with Gasteiger partial charge in [0.2, 0.25) is 0 Å². The summed E-state index contributed by atoms with van der Waals surface area (Å²) in [5.41, 5.74) is 5.04. The maximum atomic E-state index is 4.45. The summed E-state index contributed by atoms with van der Waals surface area (Å²) in [6.07, 6.45) is 2.19. The van der Waals surface area contributed by atoms with Crippen molar-refractivity contribution in [2.24, 2.45) is 4.99 Å². The zero-order chi connectivity index (χ0) is 7.84. The Hall–Kier alpha value is -1.05. The van der Waals surface area contributed by atoms with Crippen LogP contribution in [-0.4, -0.2) is 18.8 Å². The lowest BCUT2D eigenvalue weighted by Gasteiger charge is -2.15. The van der Waals surface area contributed by atoms with Crippen LogP contribution in [0.25, 0.3) is 0 Å². The van der Waals surface area contributed by atoms with Gasteiger partial charge in [-0.25, -0.2) is 0 Å². The summed E-state index contributed by atoms with van der Waals surface area (Å²) in [7, 11) is 0. The standard InChI is InChI=1S/C9H12N2/c1-6-5-7(2)9-8(6)10-3-4-11-9/h5,10H,3-4H2,1-2H3. The van der Waals surface area contributed by atoms with Gasteiger partial charge in [-0.1, -0.05) is 6.08 Å². The molecule has 2 aliphatic rings. The van der Waals surface area contributed by atoms with Gasteiger partial charge >= 0.3 is 0 Å². The Morgan fingerprint density at radius 1 is 1.45 bits per heavy atom. The monoisotopic (exact) mass is 148 g/mol. The molecule has 0 radical (unpaired) electrons. The minimum absolute atomic E-state index is 0.914. The molecule has 0 aromatic heterocycles. The van der Waals surface area contributed by atoms with Crippen LogP contribution in [0.1, 0.15) is 13.8 Å². The first kappa shape index (κ1) is 6.65. The van der Waals surface area contributed by atoms with E-state index in [2.05, 4.69) is 30.2 Å². The van der Waals surface area contributed by atoms with Gasteiger partial charge in [0.15, 0.2) is 0 Å². The third kappa shape index (κ3) is 0.897. The van der Waals surface area contributed by atoms with Crippen LogP contribution < -0.4 is 5.32 Å². The quantitative estimate of drug-likeness (QED) is 0.549. The van der Waals surface area contributed by atoms with Crippen LogP contribution in [0.3, 0.4) is 0 Å². The fraction of sp³-hybridized carbons (Fsp3) is 0.444. The number of nitrogens with one attached hydrogen (secondary N) is 1. The van der Waals surface area contributed by atoms with Crippen LogP contribution in [0.2, 0.25) is 0 Å². The normalized spacial score (nSPS) is 22.4. The lowest BCUT2D eigenvalue weighted by Crippen LogP contribution is -2.27. The maximum absolute atomic E-state index is 4.45. The number of hydrogen-bond acceptors (Lipinski definition) is 2. The molecule has 2 heteroatoms. The van der Waals surface area contributed by atoms with Crippen molar-refractivity contribution in [1.82, 2.24) is 5.32 Å². The predicted octanol–water partition coefficient (Wildman–Crippen LogP) is 1.26. The largest absolute Gasteiger partial charge is 0.381 e. The van der Waals surface area contributed by atoms with Gasteiger partial charge in [0, 0.05) is 6.54 Å². The second kappa shape index (κ2) is 2.22. The molecule has 0 aromatic carbocycles. The Kier molecular flexibility index (Phi) is 1.34. The molecule has 0 saturated carbocycles. The lowest BCUT2D eigenvalue weighted by atomic mass is 10.2. The summed E-state index contributed by atoms with van der Waals surface area (Å²) in [6, 6.07) is 0. The Balaban J connectivity index is 2.47. The van der Waals surface area contributed by atoms with Gasteiger partial charge in [-0.05, 0) is 25.0 Å². The Bertz CT molecular complexity index is 282. The van der Waals surface area contributed by atoms with Gasteiger partial charge in [-0.3, -0.25) is 4.99 Å².